The zero-order valence-electron chi connectivity index (χ0n) is 16.1. The smallest absolute Gasteiger partial charge is 0.252 e. The number of benzene rings is 2. The Morgan fingerprint density at radius 2 is 1.89 bits per heavy atom. The number of nitrogens with zero attached hydrogens (tertiary/aromatic N) is 3. The molecule has 0 saturated heterocycles. The monoisotopic (exact) mass is 396 g/mol. The van der Waals surface area contributed by atoms with E-state index < -0.39 is 0 Å². The maximum Gasteiger partial charge on any atom is 0.252 e. The lowest BCUT2D eigenvalue weighted by molar-refractivity contribution is 0.0950. The molecule has 7 heteroatoms. The van der Waals surface area contributed by atoms with Crippen LogP contribution in [0.4, 0.5) is 5.69 Å². The van der Waals surface area contributed by atoms with Crippen molar-refractivity contribution in [2.45, 2.75) is 24.0 Å². The zero-order valence-corrected chi connectivity index (χ0v) is 16.9. The molecule has 0 atom stereocenters. The first-order valence-electron chi connectivity index (χ1n) is 9.19. The van der Waals surface area contributed by atoms with Crippen LogP contribution in [0.15, 0.2) is 64.0 Å². The number of para-hydroxylation sites is 1. The number of anilines is 1. The molecule has 6 nitrogen and oxygen atoms in total. The van der Waals surface area contributed by atoms with Crippen LogP contribution in [-0.2, 0) is 5.75 Å². The Hall–Kier alpha value is -2.80. The van der Waals surface area contributed by atoms with Crippen LogP contribution in [0.1, 0.15) is 28.5 Å². The summed E-state index contributed by atoms with van der Waals surface area (Å²) in [6, 6.07) is 17.8. The second-order valence-electron chi connectivity index (χ2n) is 6.39. The van der Waals surface area contributed by atoms with Gasteiger partial charge in [-0.1, -0.05) is 35.5 Å². The van der Waals surface area contributed by atoms with Crippen LogP contribution in [0.25, 0.3) is 0 Å². The number of nitrogens with one attached hydrogen (secondary N) is 1. The Bertz CT molecular complexity index is 898. The van der Waals surface area contributed by atoms with E-state index in [-0.39, 0.29) is 5.91 Å². The van der Waals surface area contributed by atoms with Crippen molar-refractivity contribution in [2.24, 2.45) is 0 Å². The van der Waals surface area contributed by atoms with E-state index in [1.807, 2.05) is 42.5 Å². The molecule has 0 fully saturated rings. The summed E-state index contributed by atoms with van der Waals surface area (Å²) in [6.45, 7) is 3.28. The molecule has 1 heterocycles. The zero-order chi connectivity index (χ0) is 19.8. The lowest BCUT2D eigenvalue weighted by atomic mass is 10.2. The van der Waals surface area contributed by atoms with Gasteiger partial charge in [-0.3, -0.25) is 4.79 Å². The van der Waals surface area contributed by atoms with Crippen molar-refractivity contribution in [3.63, 3.8) is 0 Å². The van der Waals surface area contributed by atoms with Crippen molar-refractivity contribution in [1.82, 2.24) is 15.5 Å². The summed E-state index contributed by atoms with van der Waals surface area (Å²) in [5.41, 5.74) is 1.84. The van der Waals surface area contributed by atoms with E-state index in [1.54, 1.807) is 6.92 Å². The molecule has 0 aliphatic rings. The van der Waals surface area contributed by atoms with Crippen LogP contribution in [0.3, 0.4) is 0 Å². The number of rotatable bonds is 9. The lowest BCUT2D eigenvalue weighted by Crippen LogP contribution is -2.28. The summed E-state index contributed by atoms with van der Waals surface area (Å²) in [7, 11) is 2.06. The molecule has 1 amide bonds. The number of amides is 1. The molecule has 3 aromatic rings. The molecule has 0 aliphatic carbocycles. The fraction of sp³-hybridized carbons (Fsp3) is 0.286. The average Bonchev–Trinajstić information content (AvgIpc) is 3.15. The molecule has 28 heavy (non-hydrogen) atoms. The average molecular weight is 397 g/mol. The standard InChI is InChI=1S/C21H24N4O2S/c1-16-23-20(27-24-16)15-28-19-12-7-6-11-18(19)21(26)22-13-8-14-25(2)17-9-4-3-5-10-17/h3-7,9-12H,8,13-15H2,1-2H3,(H,22,26). The van der Waals surface area contributed by atoms with Crippen LogP contribution < -0.4 is 10.2 Å². The van der Waals surface area contributed by atoms with Gasteiger partial charge < -0.3 is 14.7 Å². The Morgan fingerprint density at radius 1 is 1.14 bits per heavy atom. The van der Waals surface area contributed by atoms with E-state index in [9.17, 15) is 4.79 Å². The van der Waals surface area contributed by atoms with Crippen LogP contribution in [0.5, 0.6) is 0 Å². The highest BCUT2D eigenvalue weighted by atomic mass is 32.2. The molecule has 2 aromatic carbocycles. The van der Waals surface area contributed by atoms with Gasteiger partial charge in [0, 0.05) is 30.7 Å². The van der Waals surface area contributed by atoms with Crippen molar-refractivity contribution >= 4 is 23.4 Å². The Morgan fingerprint density at radius 3 is 2.64 bits per heavy atom. The fourth-order valence-corrected chi connectivity index (χ4v) is 3.63. The van der Waals surface area contributed by atoms with E-state index in [1.165, 1.54) is 17.4 Å². The molecule has 146 valence electrons. The molecule has 0 saturated carbocycles. The maximum absolute atomic E-state index is 12.6. The molecule has 1 aromatic heterocycles. The summed E-state index contributed by atoms with van der Waals surface area (Å²) in [5, 5.41) is 6.81. The van der Waals surface area contributed by atoms with Crippen molar-refractivity contribution in [2.75, 3.05) is 25.0 Å². The van der Waals surface area contributed by atoms with E-state index >= 15 is 0 Å². The predicted octanol–water partition coefficient (Wildman–Crippen LogP) is 3.93. The highest BCUT2D eigenvalue weighted by molar-refractivity contribution is 7.98. The van der Waals surface area contributed by atoms with Crippen molar-refractivity contribution in [3.05, 3.63) is 71.9 Å². The second-order valence-corrected chi connectivity index (χ2v) is 7.40. The lowest BCUT2D eigenvalue weighted by Gasteiger charge is -2.19. The summed E-state index contributed by atoms with van der Waals surface area (Å²) < 4.78 is 5.14. The van der Waals surface area contributed by atoms with Gasteiger partial charge in [-0.2, -0.15) is 4.98 Å². The maximum atomic E-state index is 12.6. The molecule has 0 spiro atoms. The largest absolute Gasteiger partial charge is 0.375 e. The third kappa shape index (κ3) is 5.60. The van der Waals surface area contributed by atoms with Gasteiger partial charge in [-0.15, -0.1) is 11.8 Å². The minimum Gasteiger partial charge on any atom is -0.375 e. The van der Waals surface area contributed by atoms with Gasteiger partial charge in [-0.05, 0) is 37.6 Å². The van der Waals surface area contributed by atoms with Crippen molar-refractivity contribution in [3.8, 4) is 0 Å². The van der Waals surface area contributed by atoms with Gasteiger partial charge in [0.05, 0.1) is 11.3 Å². The third-order valence-electron chi connectivity index (χ3n) is 4.21. The molecule has 3 rings (SSSR count). The molecule has 1 N–H and O–H groups in total. The highest BCUT2D eigenvalue weighted by Crippen LogP contribution is 2.25. The first-order chi connectivity index (χ1) is 13.6. The molecular weight excluding hydrogens is 372 g/mol. The van der Waals surface area contributed by atoms with Crippen LogP contribution in [0.2, 0.25) is 0 Å². The number of aromatic nitrogens is 2. The number of hydrogen-bond donors (Lipinski definition) is 1. The Kier molecular flexibility index (Phi) is 7.08. The van der Waals surface area contributed by atoms with Crippen LogP contribution >= 0.6 is 11.8 Å². The van der Waals surface area contributed by atoms with Crippen LogP contribution in [0, 0.1) is 6.92 Å². The molecule has 0 unspecified atom stereocenters. The Balaban J connectivity index is 1.49. The van der Waals surface area contributed by atoms with Crippen LogP contribution in [-0.4, -0.2) is 36.2 Å². The summed E-state index contributed by atoms with van der Waals surface area (Å²) in [5.74, 6) is 1.64. The van der Waals surface area contributed by atoms with Gasteiger partial charge in [0.1, 0.15) is 0 Å². The number of thioether (sulfide) groups is 1. The van der Waals surface area contributed by atoms with E-state index in [0.29, 0.717) is 29.6 Å². The molecule has 0 bridgehead atoms. The number of carbonyl (C=O) groups is 1. The minimum absolute atomic E-state index is 0.0628. The quantitative estimate of drug-likeness (QED) is 0.437. The fourth-order valence-electron chi connectivity index (χ4n) is 2.74. The van der Waals surface area contributed by atoms with Gasteiger partial charge in [0.15, 0.2) is 5.82 Å². The number of aryl methyl sites for hydroxylation is 1. The second kappa shape index (κ2) is 9.94. The summed E-state index contributed by atoms with van der Waals surface area (Å²) >= 11 is 1.52. The van der Waals surface area contributed by atoms with E-state index in [4.69, 9.17) is 4.52 Å². The third-order valence-corrected chi connectivity index (χ3v) is 5.26. The normalized spacial score (nSPS) is 10.6. The van der Waals surface area contributed by atoms with E-state index in [2.05, 4.69) is 39.5 Å². The van der Waals surface area contributed by atoms with Gasteiger partial charge in [-0.25, -0.2) is 0 Å². The van der Waals surface area contributed by atoms with Gasteiger partial charge in [0.2, 0.25) is 5.89 Å². The minimum atomic E-state index is -0.0628. The highest BCUT2D eigenvalue weighted by Gasteiger charge is 2.12. The number of carbonyl (C=O) groups excluding carboxylic acids is 1. The molecule has 0 radical (unpaired) electrons. The Labute approximate surface area is 169 Å². The molecular formula is C21H24N4O2S. The number of hydrogen-bond acceptors (Lipinski definition) is 6. The SMILES string of the molecule is Cc1noc(CSc2ccccc2C(=O)NCCCN(C)c2ccccc2)n1. The topological polar surface area (TPSA) is 71.3 Å². The summed E-state index contributed by atoms with van der Waals surface area (Å²) in [4.78, 5) is 19.9. The summed E-state index contributed by atoms with van der Waals surface area (Å²) in [6.07, 6.45) is 0.869. The van der Waals surface area contributed by atoms with Crippen molar-refractivity contribution < 1.29 is 9.32 Å². The molecule has 0 aliphatic heterocycles. The first-order valence-corrected chi connectivity index (χ1v) is 10.2. The van der Waals surface area contributed by atoms with Gasteiger partial charge >= 0.3 is 0 Å². The van der Waals surface area contributed by atoms with E-state index in [0.717, 1.165) is 17.9 Å². The first kappa shape index (κ1) is 19.9. The van der Waals surface area contributed by atoms with Crippen molar-refractivity contribution in [1.29, 1.82) is 0 Å². The predicted molar refractivity (Wildman–Crippen MR) is 112 cm³/mol. The van der Waals surface area contributed by atoms with Gasteiger partial charge in [0.25, 0.3) is 5.91 Å².